The summed E-state index contributed by atoms with van der Waals surface area (Å²) in [5, 5.41) is 23.3. The van der Waals surface area contributed by atoms with Crippen molar-refractivity contribution in [3.8, 4) is 0 Å². The molecule has 2 aliphatic rings. The first-order valence-electron chi connectivity index (χ1n) is 6.69. The van der Waals surface area contributed by atoms with Crippen molar-refractivity contribution in [2.75, 3.05) is 0 Å². The Morgan fingerprint density at radius 3 is 2.89 bits per heavy atom. The van der Waals surface area contributed by atoms with Crippen LogP contribution in [0, 0.1) is 5.92 Å². The third-order valence-corrected chi connectivity index (χ3v) is 4.34. The van der Waals surface area contributed by atoms with Crippen molar-refractivity contribution < 1.29 is 10.2 Å². The number of nitrogens with one attached hydrogen (secondary N) is 2. The summed E-state index contributed by atoms with van der Waals surface area (Å²) < 4.78 is 0. The Labute approximate surface area is 112 Å². The van der Waals surface area contributed by atoms with E-state index in [1.54, 1.807) is 6.34 Å². The smallest absolute Gasteiger partial charge is 0.0953 e. The number of rotatable bonds is 2. The number of aliphatic imine (C=N–C) groups is 1. The van der Waals surface area contributed by atoms with E-state index in [9.17, 15) is 10.2 Å². The van der Waals surface area contributed by atoms with E-state index in [2.05, 4.69) is 21.9 Å². The highest BCUT2D eigenvalue weighted by Crippen LogP contribution is 2.45. The van der Waals surface area contributed by atoms with E-state index in [1.165, 1.54) is 0 Å². The van der Waals surface area contributed by atoms with Gasteiger partial charge in [-0.05, 0) is 12.3 Å². The van der Waals surface area contributed by atoms with Crippen LogP contribution in [0.25, 0.3) is 5.70 Å². The van der Waals surface area contributed by atoms with Gasteiger partial charge in [0.1, 0.15) is 0 Å². The van der Waals surface area contributed by atoms with E-state index in [0.717, 1.165) is 35.5 Å². The van der Waals surface area contributed by atoms with Crippen molar-refractivity contribution >= 4 is 17.7 Å². The highest BCUT2D eigenvalue weighted by atomic mass is 16.3. The largest absolute Gasteiger partial charge is 0.390 e. The molecule has 1 fully saturated rings. The number of aliphatic hydroxyl groups is 2. The molecule has 4 N–H and O–H groups in total. The summed E-state index contributed by atoms with van der Waals surface area (Å²) >= 11 is 0. The quantitative estimate of drug-likeness (QED) is 0.651. The number of aliphatic hydroxyl groups excluding tert-OH is 2. The fourth-order valence-electron chi connectivity index (χ4n) is 3.17. The summed E-state index contributed by atoms with van der Waals surface area (Å²) in [5.41, 5.74) is 3.43. The zero-order valence-corrected chi connectivity index (χ0v) is 10.9. The van der Waals surface area contributed by atoms with Gasteiger partial charge in [0.05, 0.1) is 35.6 Å². The number of hydrogen-bond acceptors (Lipinski definition) is 4. The van der Waals surface area contributed by atoms with Crippen molar-refractivity contribution in [2.45, 2.75) is 37.9 Å². The molecule has 1 aromatic rings. The lowest BCUT2D eigenvalue weighted by atomic mass is 9.95. The monoisotopic (exact) mass is 261 g/mol. The molecule has 0 unspecified atom stereocenters. The second-order valence-electron chi connectivity index (χ2n) is 5.34. The molecule has 1 aliphatic carbocycles. The molecule has 4 atom stereocenters. The van der Waals surface area contributed by atoms with Gasteiger partial charge in [-0.2, -0.15) is 0 Å². The third-order valence-electron chi connectivity index (χ3n) is 4.34. The Morgan fingerprint density at radius 1 is 1.42 bits per heavy atom. The van der Waals surface area contributed by atoms with Gasteiger partial charge in [0.25, 0.3) is 0 Å². The van der Waals surface area contributed by atoms with Gasteiger partial charge in [-0.1, -0.05) is 19.9 Å². The van der Waals surface area contributed by atoms with Gasteiger partial charge >= 0.3 is 0 Å². The molecule has 0 aromatic carbocycles. The minimum absolute atomic E-state index is 0.0667. The molecule has 0 radical (unpaired) electrons. The van der Waals surface area contributed by atoms with Crippen LogP contribution in [-0.4, -0.2) is 33.7 Å². The van der Waals surface area contributed by atoms with E-state index in [1.807, 2.05) is 13.1 Å². The summed E-state index contributed by atoms with van der Waals surface area (Å²) in [6.07, 6.45) is 3.78. The summed E-state index contributed by atoms with van der Waals surface area (Å²) in [5.74, 6) is 0.0856. The molecule has 1 saturated carbocycles. The molecule has 5 heteroatoms. The molecule has 5 nitrogen and oxygen atoms in total. The Morgan fingerprint density at radius 2 is 2.21 bits per heavy atom. The predicted molar refractivity (Wildman–Crippen MR) is 74.3 cm³/mol. The molecule has 3 rings (SSSR count). The second kappa shape index (κ2) is 4.51. The third kappa shape index (κ3) is 1.81. The molecule has 0 bridgehead atoms. The van der Waals surface area contributed by atoms with E-state index >= 15 is 0 Å². The van der Waals surface area contributed by atoms with Crippen LogP contribution in [0.1, 0.15) is 36.9 Å². The van der Waals surface area contributed by atoms with Crippen LogP contribution in [0.2, 0.25) is 0 Å². The highest BCUT2D eigenvalue weighted by molar-refractivity contribution is 5.86. The van der Waals surface area contributed by atoms with Gasteiger partial charge < -0.3 is 20.5 Å². The van der Waals surface area contributed by atoms with Crippen LogP contribution in [0.4, 0.5) is 5.69 Å². The molecular formula is C14H19N3O2. The average Bonchev–Trinajstić information content (AvgIpc) is 2.94. The Hall–Kier alpha value is -1.59. The van der Waals surface area contributed by atoms with Crippen molar-refractivity contribution in [2.24, 2.45) is 10.9 Å². The normalized spacial score (nSPS) is 33.3. The fourth-order valence-corrected chi connectivity index (χ4v) is 3.17. The number of nitrogens with zero attached hydrogens (tertiary/aromatic N) is 1. The van der Waals surface area contributed by atoms with Crippen LogP contribution in [-0.2, 0) is 0 Å². The number of aromatic amines is 1. The lowest BCUT2D eigenvalue weighted by molar-refractivity contribution is 0.0140. The first-order valence-corrected chi connectivity index (χ1v) is 6.69. The molecule has 0 saturated heterocycles. The van der Waals surface area contributed by atoms with Gasteiger partial charge in [-0.3, -0.25) is 0 Å². The van der Waals surface area contributed by atoms with Gasteiger partial charge in [0.15, 0.2) is 0 Å². The van der Waals surface area contributed by atoms with E-state index in [4.69, 9.17) is 0 Å². The summed E-state index contributed by atoms with van der Waals surface area (Å²) in [4.78, 5) is 7.49. The summed E-state index contributed by atoms with van der Waals surface area (Å²) in [6.45, 7) is 5.96. The van der Waals surface area contributed by atoms with Gasteiger partial charge in [-0.15, -0.1) is 0 Å². The zero-order valence-electron chi connectivity index (χ0n) is 10.9. The first-order chi connectivity index (χ1) is 9.13. The van der Waals surface area contributed by atoms with Crippen LogP contribution in [0.15, 0.2) is 17.8 Å². The van der Waals surface area contributed by atoms with Crippen LogP contribution >= 0.6 is 0 Å². The molecular weight excluding hydrogens is 242 g/mol. The Balaban J connectivity index is 1.97. The molecule has 1 aromatic heterocycles. The van der Waals surface area contributed by atoms with Crippen LogP contribution < -0.4 is 5.32 Å². The van der Waals surface area contributed by atoms with Crippen LogP contribution in [0.3, 0.4) is 0 Å². The number of H-pyrrole nitrogens is 1. The maximum absolute atomic E-state index is 10.2. The number of aromatic nitrogens is 1. The van der Waals surface area contributed by atoms with E-state index < -0.39 is 12.2 Å². The second-order valence-corrected chi connectivity index (χ2v) is 5.34. The van der Waals surface area contributed by atoms with Gasteiger partial charge in [0.2, 0.25) is 0 Å². The van der Waals surface area contributed by atoms with Crippen molar-refractivity contribution in [3.05, 3.63) is 24.0 Å². The van der Waals surface area contributed by atoms with Crippen LogP contribution in [0.5, 0.6) is 0 Å². The zero-order chi connectivity index (χ0) is 13.6. The maximum atomic E-state index is 10.2. The maximum Gasteiger partial charge on any atom is 0.0953 e. The molecule has 19 heavy (non-hydrogen) atoms. The van der Waals surface area contributed by atoms with Gasteiger partial charge in [0, 0.05) is 17.7 Å². The highest BCUT2D eigenvalue weighted by Gasteiger charge is 2.42. The Bertz CT molecular complexity index is 535. The van der Waals surface area contributed by atoms with E-state index in [0.29, 0.717) is 0 Å². The Kier molecular flexibility index (Phi) is 2.95. The van der Waals surface area contributed by atoms with Gasteiger partial charge in [-0.25, -0.2) is 4.99 Å². The average molecular weight is 261 g/mol. The van der Waals surface area contributed by atoms with Crippen molar-refractivity contribution in [1.29, 1.82) is 0 Å². The fraction of sp³-hybridized carbons (Fsp3) is 0.500. The van der Waals surface area contributed by atoms with E-state index in [-0.39, 0.29) is 11.8 Å². The predicted octanol–water partition coefficient (Wildman–Crippen LogP) is 1.48. The topological polar surface area (TPSA) is 80.6 Å². The SMILES string of the molecule is C=C1NC=Nc2c([C@@H]3C[C@H](CC)[C@@H](O)[C@H]3O)c[nH]c21. The molecule has 2 heterocycles. The van der Waals surface area contributed by atoms with Crippen molar-refractivity contribution in [1.82, 2.24) is 10.3 Å². The molecule has 1 aliphatic heterocycles. The standard InChI is InChI=1S/C14H19N3O2/c1-3-8-4-9(14(19)13(8)18)10-5-15-11-7(2)16-6-17-12(10)11/h5-6,8-9,13-15,18-19H,2-4H2,1H3,(H,16,17)/t8-,9-,13+,14-/m0/s1. The minimum Gasteiger partial charge on any atom is -0.390 e. The summed E-state index contributed by atoms with van der Waals surface area (Å²) in [7, 11) is 0. The first kappa shape index (κ1) is 12.4. The minimum atomic E-state index is -0.719. The lowest BCUT2D eigenvalue weighted by Gasteiger charge is -2.17. The molecule has 0 amide bonds. The lowest BCUT2D eigenvalue weighted by Crippen LogP contribution is -2.27. The number of fused-ring (bicyclic) bond motifs is 1. The molecule has 102 valence electrons. The molecule has 0 spiro atoms. The summed E-state index contributed by atoms with van der Waals surface area (Å²) in [6, 6.07) is 0. The number of hydrogen-bond donors (Lipinski definition) is 4. The van der Waals surface area contributed by atoms with Crippen molar-refractivity contribution in [3.63, 3.8) is 0 Å².